The van der Waals surface area contributed by atoms with E-state index in [1.807, 2.05) is 6.92 Å². The fourth-order valence-corrected chi connectivity index (χ4v) is 2.88. The number of nitrogens with zero attached hydrogens (tertiary/aromatic N) is 2. The number of nitrogens with one attached hydrogen (secondary N) is 1. The molecule has 142 valence electrons. The summed E-state index contributed by atoms with van der Waals surface area (Å²) in [6, 6.07) is 10.5. The average Bonchev–Trinajstić information content (AvgIpc) is 3.21. The van der Waals surface area contributed by atoms with Crippen molar-refractivity contribution in [3.05, 3.63) is 48.0 Å². The Hall–Kier alpha value is -3.88. The Morgan fingerprint density at radius 2 is 1.71 bits per heavy atom. The van der Waals surface area contributed by atoms with E-state index < -0.39 is 30.3 Å². The van der Waals surface area contributed by atoms with Crippen molar-refractivity contribution < 1.29 is 28.7 Å². The standard InChI is InChI=1S/C19H15N3O6/c1-11-2-5-13(6-3-11)22-18(25)17(24)21(19(22)26)9-16(23)20-12-4-7-14-15(8-12)28-10-27-14/h2-8H,9-10H2,1H3,(H,20,23). The lowest BCUT2D eigenvalue weighted by Crippen LogP contribution is -2.39. The maximum absolute atomic E-state index is 12.5. The normalized spacial score (nSPS) is 15.4. The third-order valence-electron chi connectivity index (χ3n) is 4.30. The molecule has 2 heterocycles. The number of aryl methyl sites for hydroxylation is 1. The number of carbonyl (C=O) groups is 4. The first kappa shape index (κ1) is 17.5. The summed E-state index contributed by atoms with van der Waals surface area (Å²) in [6.45, 7) is 1.37. The molecule has 9 nitrogen and oxygen atoms in total. The maximum Gasteiger partial charge on any atom is 0.339 e. The molecule has 0 atom stereocenters. The first-order valence-electron chi connectivity index (χ1n) is 8.40. The number of imide groups is 2. The largest absolute Gasteiger partial charge is 0.454 e. The topological polar surface area (TPSA) is 105 Å². The highest BCUT2D eigenvalue weighted by atomic mass is 16.7. The Kier molecular flexibility index (Phi) is 4.19. The first-order valence-corrected chi connectivity index (χ1v) is 8.40. The summed E-state index contributed by atoms with van der Waals surface area (Å²) in [5.74, 6) is -1.63. The van der Waals surface area contributed by atoms with Gasteiger partial charge in [-0.2, -0.15) is 0 Å². The summed E-state index contributed by atoms with van der Waals surface area (Å²) in [4.78, 5) is 50.7. The first-order chi connectivity index (χ1) is 13.4. The Labute approximate surface area is 159 Å². The van der Waals surface area contributed by atoms with Gasteiger partial charge in [-0.3, -0.25) is 14.4 Å². The molecule has 5 amide bonds. The van der Waals surface area contributed by atoms with Crippen LogP contribution in [0.2, 0.25) is 0 Å². The fourth-order valence-electron chi connectivity index (χ4n) is 2.88. The zero-order chi connectivity index (χ0) is 19.8. The van der Waals surface area contributed by atoms with Crippen molar-refractivity contribution >= 4 is 35.1 Å². The van der Waals surface area contributed by atoms with Gasteiger partial charge in [0.25, 0.3) is 0 Å². The van der Waals surface area contributed by atoms with Crippen molar-refractivity contribution in [2.45, 2.75) is 6.92 Å². The lowest BCUT2D eigenvalue weighted by Gasteiger charge is -2.15. The van der Waals surface area contributed by atoms with Crippen molar-refractivity contribution in [2.24, 2.45) is 0 Å². The van der Waals surface area contributed by atoms with Crippen LogP contribution in [0.1, 0.15) is 5.56 Å². The van der Waals surface area contributed by atoms with Gasteiger partial charge in [0.15, 0.2) is 11.5 Å². The second kappa shape index (κ2) is 6.69. The third-order valence-corrected chi connectivity index (χ3v) is 4.30. The quantitative estimate of drug-likeness (QED) is 0.638. The van der Waals surface area contributed by atoms with Crippen LogP contribution in [0.3, 0.4) is 0 Å². The van der Waals surface area contributed by atoms with E-state index in [0.717, 1.165) is 10.5 Å². The molecule has 4 rings (SSSR count). The highest BCUT2D eigenvalue weighted by Gasteiger charge is 2.46. The molecule has 28 heavy (non-hydrogen) atoms. The Morgan fingerprint density at radius 3 is 2.46 bits per heavy atom. The summed E-state index contributed by atoms with van der Waals surface area (Å²) in [6.07, 6.45) is 0. The third kappa shape index (κ3) is 3.02. The van der Waals surface area contributed by atoms with E-state index in [-0.39, 0.29) is 12.5 Å². The molecule has 2 aliphatic heterocycles. The van der Waals surface area contributed by atoms with Crippen molar-refractivity contribution in [3.8, 4) is 11.5 Å². The van der Waals surface area contributed by atoms with Crippen LogP contribution in [0, 0.1) is 6.92 Å². The fraction of sp³-hybridized carbons (Fsp3) is 0.158. The number of urea groups is 1. The minimum absolute atomic E-state index is 0.0977. The van der Waals surface area contributed by atoms with Gasteiger partial charge in [-0.1, -0.05) is 17.7 Å². The zero-order valence-corrected chi connectivity index (χ0v) is 14.8. The molecule has 0 radical (unpaired) electrons. The van der Waals surface area contributed by atoms with Gasteiger partial charge >= 0.3 is 17.8 Å². The van der Waals surface area contributed by atoms with Crippen molar-refractivity contribution in [1.82, 2.24) is 4.90 Å². The molecule has 2 aromatic rings. The smallest absolute Gasteiger partial charge is 0.339 e. The van der Waals surface area contributed by atoms with Gasteiger partial charge in [0.1, 0.15) is 6.54 Å². The molecule has 0 aliphatic carbocycles. The minimum Gasteiger partial charge on any atom is -0.454 e. The SMILES string of the molecule is Cc1ccc(N2C(=O)C(=O)N(CC(=O)Nc3ccc4c(c3)OCO4)C2=O)cc1. The number of rotatable bonds is 4. The molecule has 2 aromatic carbocycles. The molecule has 2 aliphatic rings. The average molecular weight is 381 g/mol. The monoisotopic (exact) mass is 381 g/mol. The minimum atomic E-state index is -1.05. The van der Waals surface area contributed by atoms with E-state index in [9.17, 15) is 19.2 Å². The molecule has 9 heteroatoms. The summed E-state index contributed by atoms with van der Waals surface area (Å²) in [7, 11) is 0. The highest BCUT2D eigenvalue weighted by molar-refractivity contribution is 6.53. The van der Waals surface area contributed by atoms with Gasteiger partial charge in [0.2, 0.25) is 12.7 Å². The summed E-state index contributed by atoms with van der Waals surface area (Å²) in [5.41, 5.74) is 1.62. The van der Waals surface area contributed by atoms with E-state index in [1.54, 1.807) is 42.5 Å². The molecule has 0 spiro atoms. The number of hydrogen-bond donors (Lipinski definition) is 1. The Bertz CT molecular complexity index is 1000. The van der Waals surface area contributed by atoms with Gasteiger partial charge in [0, 0.05) is 11.8 Å². The van der Waals surface area contributed by atoms with Gasteiger partial charge < -0.3 is 14.8 Å². The number of carbonyl (C=O) groups excluding carboxylic acids is 4. The van der Waals surface area contributed by atoms with E-state index in [1.165, 1.54) is 0 Å². The van der Waals surface area contributed by atoms with Crippen LogP contribution < -0.4 is 19.7 Å². The molecular formula is C19H15N3O6. The maximum atomic E-state index is 12.5. The van der Waals surface area contributed by atoms with Gasteiger partial charge in [-0.15, -0.1) is 0 Å². The van der Waals surface area contributed by atoms with Crippen molar-refractivity contribution in [2.75, 3.05) is 23.6 Å². The van der Waals surface area contributed by atoms with Crippen LogP contribution in [-0.2, 0) is 14.4 Å². The number of benzene rings is 2. The lowest BCUT2D eigenvalue weighted by atomic mass is 10.2. The molecule has 1 saturated heterocycles. The zero-order valence-electron chi connectivity index (χ0n) is 14.8. The van der Waals surface area contributed by atoms with Crippen LogP contribution in [-0.4, -0.2) is 42.0 Å². The molecule has 0 saturated carbocycles. The lowest BCUT2D eigenvalue weighted by molar-refractivity contribution is -0.140. The van der Waals surface area contributed by atoms with Crippen LogP contribution in [0.25, 0.3) is 0 Å². The molecule has 0 bridgehead atoms. The second-order valence-corrected chi connectivity index (χ2v) is 6.27. The van der Waals surface area contributed by atoms with Crippen molar-refractivity contribution in [1.29, 1.82) is 0 Å². The predicted molar refractivity (Wildman–Crippen MR) is 97.0 cm³/mol. The van der Waals surface area contributed by atoms with E-state index >= 15 is 0 Å². The Balaban J connectivity index is 1.47. The van der Waals surface area contributed by atoms with Crippen LogP contribution in [0.15, 0.2) is 42.5 Å². The molecular weight excluding hydrogens is 366 g/mol. The number of fused-ring (bicyclic) bond motifs is 1. The second-order valence-electron chi connectivity index (χ2n) is 6.27. The number of ether oxygens (including phenoxy) is 2. The number of hydrogen-bond acceptors (Lipinski definition) is 6. The summed E-state index contributed by atoms with van der Waals surface area (Å²) < 4.78 is 10.4. The Morgan fingerprint density at radius 1 is 1.00 bits per heavy atom. The van der Waals surface area contributed by atoms with Gasteiger partial charge in [0.05, 0.1) is 5.69 Å². The molecule has 1 N–H and O–H groups in total. The van der Waals surface area contributed by atoms with E-state index in [4.69, 9.17) is 9.47 Å². The summed E-state index contributed by atoms with van der Waals surface area (Å²) >= 11 is 0. The van der Waals surface area contributed by atoms with Gasteiger partial charge in [-0.05, 0) is 31.2 Å². The molecule has 1 fully saturated rings. The molecule has 0 aromatic heterocycles. The molecule has 0 unspecified atom stereocenters. The van der Waals surface area contributed by atoms with Gasteiger partial charge in [-0.25, -0.2) is 14.6 Å². The number of amides is 5. The highest BCUT2D eigenvalue weighted by Crippen LogP contribution is 2.34. The summed E-state index contributed by atoms with van der Waals surface area (Å²) in [5, 5.41) is 2.57. The van der Waals surface area contributed by atoms with E-state index in [2.05, 4.69) is 5.32 Å². The van der Waals surface area contributed by atoms with Crippen LogP contribution in [0.5, 0.6) is 11.5 Å². The van der Waals surface area contributed by atoms with E-state index in [0.29, 0.717) is 22.1 Å². The van der Waals surface area contributed by atoms with Crippen molar-refractivity contribution in [3.63, 3.8) is 0 Å². The van der Waals surface area contributed by atoms with Crippen LogP contribution >= 0.6 is 0 Å². The number of anilines is 2. The predicted octanol–water partition coefficient (Wildman–Crippen LogP) is 1.66. The van der Waals surface area contributed by atoms with Crippen LogP contribution in [0.4, 0.5) is 16.2 Å².